The summed E-state index contributed by atoms with van der Waals surface area (Å²) >= 11 is 0. The molecule has 10 heteroatoms. The van der Waals surface area contributed by atoms with E-state index in [0.29, 0.717) is 35.2 Å². The molecule has 0 aliphatic carbocycles. The summed E-state index contributed by atoms with van der Waals surface area (Å²) < 4.78 is 27.6. The molecule has 0 bridgehead atoms. The quantitative estimate of drug-likeness (QED) is 0.438. The number of piperidine rings is 1. The van der Waals surface area contributed by atoms with Gasteiger partial charge in [-0.1, -0.05) is 5.16 Å². The Labute approximate surface area is 206 Å². The van der Waals surface area contributed by atoms with Gasteiger partial charge in [0.25, 0.3) is 0 Å². The number of ketones is 1. The van der Waals surface area contributed by atoms with Gasteiger partial charge in [-0.3, -0.25) is 24.7 Å². The van der Waals surface area contributed by atoms with Crippen LogP contribution in [-0.2, 0) is 38.4 Å². The van der Waals surface area contributed by atoms with Crippen molar-refractivity contribution in [2.75, 3.05) is 11.4 Å². The number of carbonyl (C=O) groups excluding carboxylic acids is 3. The number of hydrogen-bond acceptors (Lipinski definition) is 8. The molecule has 2 saturated heterocycles. The number of aryl methyl sites for hydroxylation is 2. The topological polar surface area (TPSA) is 115 Å². The fourth-order valence-corrected chi connectivity index (χ4v) is 6.19. The summed E-state index contributed by atoms with van der Waals surface area (Å²) in [4.78, 5) is 44.5. The van der Waals surface area contributed by atoms with E-state index in [9.17, 15) is 14.4 Å². The van der Waals surface area contributed by atoms with Crippen molar-refractivity contribution in [3.8, 4) is 0 Å². The van der Waals surface area contributed by atoms with E-state index >= 15 is 4.39 Å². The lowest BCUT2D eigenvalue weighted by molar-refractivity contribution is -0.158. The zero-order valence-electron chi connectivity index (χ0n) is 19.9. The van der Waals surface area contributed by atoms with Gasteiger partial charge < -0.3 is 14.2 Å². The number of rotatable bonds is 3. The third-order valence-electron chi connectivity index (χ3n) is 7.65. The maximum atomic E-state index is 16.1. The maximum absolute atomic E-state index is 16.1. The van der Waals surface area contributed by atoms with Crippen molar-refractivity contribution in [1.82, 2.24) is 15.5 Å². The highest BCUT2D eigenvalue weighted by Gasteiger charge is 2.62. The Morgan fingerprint density at radius 1 is 1.19 bits per heavy atom. The minimum atomic E-state index is -1.56. The lowest BCUT2D eigenvalue weighted by Crippen LogP contribution is -2.72. The molecule has 1 spiro atoms. The van der Waals surface area contributed by atoms with Crippen LogP contribution < -0.4 is 10.2 Å². The van der Waals surface area contributed by atoms with Crippen LogP contribution in [0.3, 0.4) is 0 Å². The van der Waals surface area contributed by atoms with Crippen LogP contribution in [0.4, 0.5) is 10.1 Å². The largest absolute Gasteiger partial charge is 0.372 e. The van der Waals surface area contributed by atoms with E-state index in [1.165, 1.54) is 0 Å². The minimum Gasteiger partial charge on any atom is -0.372 e. The molecule has 9 nitrogen and oxygen atoms in total. The molecule has 1 N–H and O–H groups in total. The second-order valence-corrected chi connectivity index (χ2v) is 9.93. The normalized spacial score (nSPS) is 27.8. The van der Waals surface area contributed by atoms with Gasteiger partial charge in [-0.15, -0.1) is 0 Å². The Morgan fingerprint density at radius 2 is 1.97 bits per heavy atom. The SMILES string of the molecule is C[C@@H]1CN2c3c(cc4c(CCc5ccncc5)noc4c3F)CC3(C(=O)CC(=O)NC3=O)[C@H]2[C@H](C)O1. The van der Waals surface area contributed by atoms with Crippen LogP contribution in [0.1, 0.15) is 37.1 Å². The number of hydrogen-bond donors (Lipinski definition) is 1. The number of amides is 2. The first-order valence-corrected chi connectivity index (χ1v) is 12.1. The van der Waals surface area contributed by atoms with Gasteiger partial charge in [0.05, 0.1) is 36.1 Å². The molecular weight excluding hydrogens is 467 g/mol. The Morgan fingerprint density at radius 3 is 2.72 bits per heavy atom. The zero-order chi connectivity index (χ0) is 25.2. The van der Waals surface area contributed by atoms with Crippen molar-refractivity contribution in [3.05, 3.63) is 53.2 Å². The Balaban J connectivity index is 1.49. The number of nitrogens with zero attached hydrogens (tertiary/aromatic N) is 3. The second-order valence-electron chi connectivity index (χ2n) is 9.93. The molecule has 0 radical (unpaired) electrons. The first-order chi connectivity index (χ1) is 17.3. The molecule has 3 aromatic rings. The van der Waals surface area contributed by atoms with E-state index in [4.69, 9.17) is 9.26 Å². The molecule has 36 heavy (non-hydrogen) atoms. The summed E-state index contributed by atoms with van der Waals surface area (Å²) in [5.41, 5.74) is 0.965. The first kappa shape index (κ1) is 22.8. The van der Waals surface area contributed by atoms with Gasteiger partial charge in [-0.25, -0.2) is 4.39 Å². The van der Waals surface area contributed by atoms with Gasteiger partial charge in [-0.05, 0) is 62.4 Å². The van der Waals surface area contributed by atoms with Crippen molar-refractivity contribution < 1.29 is 28.0 Å². The number of anilines is 1. The number of pyridine rings is 1. The van der Waals surface area contributed by atoms with Crippen LogP contribution in [0.25, 0.3) is 11.0 Å². The number of carbonyl (C=O) groups is 3. The molecule has 4 atom stereocenters. The number of Topliss-reactive ketones (excluding diaryl/α,β-unsaturated/α-hetero) is 1. The van der Waals surface area contributed by atoms with Crippen molar-refractivity contribution in [3.63, 3.8) is 0 Å². The molecule has 6 rings (SSSR count). The Bertz CT molecular complexity index is 1380. The number of nitrogens with one attached hydrogen (secondary N) is 1. The highest BCUT2D eigenvalue weighted by molar-refractivity contribution is 6.22. The average Bonchev–Trinajstić information content (AvgIpc) is 3.24. The molecule has 3 aliphatic rings. The summed E-state index contributed by atoms with van der Waals surface area (Å²) in [5.74, 6) is -2.31. The molecular formula is C26H25FN4O5. The minimum absolute atomic E-state index is 0.0363. The summed E-state index contributed by atoms with van der Waals surface area (Å²) in [5, 5.41) is 7.02. The van der Waals surface area contributed by atoms with E-state index in [2.05, 4.69) is 15.5 Å². The van der Waals surface area contributed by atoms with Crippen molar-refractivity contribution >= 4 is 34.3 Å². The fraction of sp³-hybridized carbons (Fsp3) is 0.423. The lowest BCUT2D eigenvalue weighted by atomic mass is 9.63. The number of halogens is 1. The van der Waals surface area contributed by atoms with Crippen molar-refractivity contribution in [2.24, 2.45) is 5.41 Å². The standard InChI is InChI=1S/C26H25FN4O5/c1-13-12-31-22-16(11-26(24(31)14(2)35-13)19(32)10-20(33)29-25(26)34)9-17-18(30-36-23(17)21(22)27)4-3-15-5-7-28-8-6-15/h5-9,13-14,24H,3-4,10-12H2,1-2H3,(H,29,33,34)/t13-,14+,24-,26?/m1/s1. The highest BCUT2D eigenvalue weighted by Crippen LogP contribution is 2.50. The molecule has 2 amide bonds. The van der Waals surface area contributed by atoms with E-state index in [-0.39, 0.29) is 24.7 Å². The van der Waals surface area contributed by atoms with Gasteiger partial charge in [-0.2, -0.15) is 0 Å². The van der Waals surface area contributed by atoms with E-state index in [1.807, 2.05) is 19.1 Å². The monoisotopic (exact) mass is 492 g/mol. The first-order valence-electron chi connectivity index (χ1n) is 12.1. The van der Waals surface area contributed by atoms with Crippen molar-refractivity contribution in [2.45, 2.75) is 57.8 Å². The fourth-order valence-electron chi connectivity index (χ4n) is 6.19. The van der Waals surface area contributed by atoms with Crippen LogP contribution >= 0.6 is 0 Å². The molecule has 5 heterocycles. The van der Waals surface area contributed by atoms with Crippen LogP contribution in [0.5, 0.6) is 0 Å². The molecule has 3 aliphatic heterocycles. The summed E-state index contributed by atoms with van der Waals surface area (Å²) in [6, 6.07) is 4.84. The summed E-state index contributed by atoms with van der Waals surface area (Å²) in [6.07, 6.45) is 3.36. The predicted molar refractivity (Wildman–Crippen MR) is 126 cm³/mol. The van der Waals surface area contributed by atoms with Gasteiger partial charge in [0.1, 0.15) is 5.41 Å². The second kappa shape index (κ2) is 8.19. The molecule has 1 aromatic carbocycles. The predicted octanol–water partition coefficient (Wildman–Crippen LogP) is 2.29. The van der Waals surface area contributed by atoms with Gasteiger partial charge in [0.2, 0.25) is 17.4 Å². The number of benzene rings is 1. The van der Waals surface area contributed by atoms with Crippen LogP contribution in [0, 0.1) is 11.2 Å². The van der Waals surface area contributed by atoms with Crippen LogP contribution in [-0.4, -0.2) is 52.5 Å². The zero-order valence-corrected chi connectivity index (χ0v) is 19.9. The molecule has 186 valence electrons. The summed E-state index contributed by atoms with van der Waals surface area (Å²) in [6.45, 7) is 3.92. The lowest BCUT2D eigenvalue weighted by Gasteiger charge is -2.55. The smallest absolute Gasteiger partial charge is 0.242 e. The van der Waals surface area contributed by atoms with Gasteiger partial charge >= 0.3 is 0 Å². The number of imide groups is 1. The summed E-state index contributed by atoms with van der Waals surface area (Å²) in [7, 11) is 0. The molecule has 1 unspecified atom stereocenters. The Hall–Kier alpha value is -3.66. The maximum Gasteiger partial charge on any atom is 0.242 e. The van der Waals surface area contributed by atoms with Crippen molar-refractivity contribution in [1.29, 1.82) is 0 Å². The average molecular weight is 493 g/mol. The van der Waals surface area contributed by atoms with E-state index in [1.54, 1.807) is 30.3 Å². The highest BCUT2D eigenvalue weighted by atomic mass is 19.1. The van der Waals surface area contributed by atoms with Gasteiger partial charge in [0, 0.05) is 24.3 Å². The van der Waals surface area contributed by atoms with Crippen LogP contribution in [0.15, 0.2) is 35.1 Å². The van der Waals surface area contributed by atoms with Crippen LogP contribution in [0.2, 0.25) is 0 Å². The third kappa shape index (κ3) is 3.27. The van der Waals surface area contributed by atoms with E-state index in [0.717, 1.165) is 5.56 Å². The number of ether oxygens (including phenoxy) is 1. The molecule has 2 aromatic heterocycles. The molecule has 0 saturated carbocycles. The third-order valence-corrected chi connectivity index (χ3v) is 7.65. The Kier molecular flexibility index (Phi) is 5.18. The van der Waals surface area contributed by atoms with E-state index < -0.39 is 47.4 Å². The molecule has 2 fully saturated rings. The number of morpholine rings is 1. The number of fused-ring (bicyclic) bond motifs is 5. The number of aromatic nitrogens is 2. The van der Waals surface area contributed by atoms with Gasteiger partial charge in [0.15, 0.2) is 11.6 Å².